The third kappa shape index (κ3) is 5.27. The minimum atomic E-state index is 0.0683. The van der Waals surface area contributed by atoms with E-state index in [4.69, 9.17) is 30.4 Å². The quantitative estimate of drug-likeness (QED) is 0.547. The summed E-state index contributed by atoms with van der Waals surface area (Å²) >= 11 is 0. The molecule has 0 N–H and O–H groups in total. The molecule has 1 radical (unpaired) electrons. The molecule has 29 heavy (non-hydrogen) atoms. The zero-order valence-electron chi connectivity index (χ0n) is 15.8. The SMILES string of the molecule is CC(=C(C#N)C#N)c1ccc(O[B]Oc2ccc(C(C)=C(C#N)C#N)cc2)cc1. The van der Waals surface area contributed by atoms with E-state index in [9.17, 15) is 0 Å². The summed E-state index contributed by atoms with van der Waals surface area (Å²) in [6, 6.07) is 21.3. The predicted octanol–water partition coefficient (Wildman–Crippen LogP) is 4.32. The standard InChI is InChI=1S/C22H14BN4O2/c1-15(19(11-24)12-25)17-3-7-21(8-4-17)28-23-29-22-9-5-18(6-10-22)16(2)20(13-26)14-27/h3-10H,1-2H3. The number of benzene rings is 2. The molecule has 0 saturated heterocycles. The molecule has 7 heteroatoms. The third-order valence-electron chi connectivity index (χ3n) is 4.14. The molecule has 0 fully saturated rings. The van der Waals surface area contributed by atoms with Crippen LogP contribution in [0.15, 0.2) is 59.7 Å². The van der Waals surface area contributed by atoms with Crippen molar-refractivity contribution >= 4 is 18.8 Å². The summed E-state index contributed by atoms with van der Waals surface area (Å²) in [6.45, 7) is 3.42. The molecule has 2 rings (SSSR count). The molecular weight excluding hydrogens is 363 g/mol. The summed E-state index contributed by atoms with van der Waals surface area (Å²) in [4.78, 5) is 0. The molecular formula is C22H14BN4O2. The monoisotopic (exact) mass is 377 g/mol. The molecule has 137 valence electrons. The minimum Gasteiger partial charge on any atom is -0.526 e. The molecule has 0 saturated carbocycles. The highest BCUT2D eigenvalue weighted by Gasteiger charge is 2.07. The van der Waals surface area contributed by atoms with Crippen molar-refractivity contribution < 1.29 is 9.31 Å². The summed E-state index contributed by atoms with van der Waals surface area (Å²) in [6.07, 6.45) is 0. The first-order valence-electron chi connectivity index (χ1n) is 8.42. The van der Waals surface area contributed by atoms with Gasteiger partial charge in [0, 0.05) is 0 Å². The molecule has 0 spiro atoms. The third-order valence-corrected chi connectivity index (χ3v) is 4.14. The van der Waals surface area contributed by atoms with Crippen LogP contribution >= 0.6 is 0 Å². The van der Waals surface area contributed by atoms with E-state index >= 15 is 0 Å². The molecule has 2 aromatic rings. The van der Waals surface area contributed by atoms with Crippen molar-refractivity contribution in [3.05, 3.63) is 70.8 Å². The fraction of sp³-hybridized carbons (Fsp3) is 0.0909. The Bertz CT molecular complexity index is 997. The van der Waals surface area contributed by atoms with Crippen LogP contribution in [0.3, 0.4) is 0 Å². The second-order valence-corrected chi connectivity index (χ2v) is 5.83. The van der Waals surface area contributed by atoms with E-state index in [-0.39, 0.29) is 11.1 Å². The highest BCUT2D eigenvalue weighted by molar-refractivity contribution is 6.20. The van der Waals surface area contributed by atoms with Gasteiger partial charge < -0.3 is 9.31 Å². The molecule has 2 aromatic carbocycles. The van der Waals surface area contributed by atoms with Gasteiger partial charge in [-0.25, -0.2) is 0 Å². The van der Waals surface area contributed by atoms with Gasteiger partial charge in [-0.2, -0.15) is 21.0 Å². The zero-order valence-corrected chi connectivity index (χ0v) is 15.8. The van der Waals surface area contributed by atoms with Gasteiger partial charge in [-0.05, 0) is 60.4 Å². The minimum absolute atomic E-state index is 0.0683. The van der Waals surface area contributed by atoms with Gasteiger partial charge in [-0.15, -0.1) is 0 Å². The Hall–Kier alpha value is -4.46. The van der Waals surface area contributed by atoms with Crippen LogP contribution in [0.4, 0.5) is 0 Å². The van der Waals surface area contributed by atoms with Gasteiger partial charge in [0.1, 0.15) is 46.9 Å². The number of hydrogen-bond donors (Lipinski definition) is 0. The Kier molecular flexibility index (Phi) is 7.21. The van der Waals surface area contributed by atoms with Crippen LogP contribution in [0, 0.1) is 45.3 Å². The van der Waals surface area contributed by atoms with Crippen LogP contribution in [0.2, 0.25) is 0 Å². The van der Waals surface area contributed by atoms with Crippen molar-refractivity contribution in [1.29, 1.82) is 21.0 Å². The van der Waals surface area contributed by atoms with Crippen LogP contribution in [0.25, 0.3) is 11.1 Å². The summed E-state index contributed by atoms with van der Waals surface area (Å²) < 4.78 is 10.8. The fourth-order valence-corrected chi connectivity index (χ4v) is 2.38. The molecule has 0 amide bonds. The number of nitriles is 4. The lowest BCUT2D eigenvalue weighted by atomic mass is 10.0. The largest absolute Gasteiger partial charge is 0.658 e. The van der Waals surface area contributed by atoms with Gasteiger partial charge in [0.05, 0.1) is 0 Å². The van der Waals surface area contributed by atoms with Crippen LogP contribution in [-0.2, 0) is 0 Å². The highest BCUT2D eigenvalue weighted by atomic mass is 16.6. The number of hydrogen-bond acceptors (Lipinski definition) is 6. The molecule has 0 unspecified atom stereocenters. The van der Waals surface area contributed by atoms with E-state index in [1.807, 2.05) is 24.3 Å². The second kappa shape index (κ2) is 10.0. The summed E-state index contributed by atoms with van der Waals surface area (Å²) in [5, 5.41) is 35.7. The Balaban J connectivity index is 1.98. The van der Waals surface area contributed by atoms with E-state index in [0.717, 1.165) is 11.1 Å². The maximum Gasteiger partial charge on any atom is 0.658 e. The Labute approximate surface area is 170 Å². The number of allylic oxidation sites excluding steroid dienone is 4. The molecule has 0 aliphatic heterocycles. The lowest BCUT2D eigenvalue weighted by molar-refractivity contribution is 0.459. The summed E-state index contributed by atoms with van der Waals surface area (Å²) in [5.74, 6) is 1.06. The smallest absolute Gasteiger partial charge is 0.526 e. The van der Waals surface area contributed by atoms with Gasteiger partial charge in [0.15, 0.2) is 0 Å². The second-order valence-electron chi connectivity index (χ2n) is 5.83. The molecule has 0 atom stereocenters. The summed E-state index contributed by atoms with van der Waals surface area (Å²) in [5.41, 5.74) is 2.84. The number of rotatable bonds is 6. The molecule has 0 aromatic heterocycles. The molecule has 0 heterocycles. The Morgan fingerprint density at radius 1 is 0.621 bits per heavy atom. The first-order chi connectivity index (χ1) is 14.0. The lowest BCUT2D eigenvalue weighted by Gasteiger charge is -2.09. The average molecular weight is 377 g/mol. The molecule has 6 nitrogen and oxygen atoms in total. The van der Waals surface area contributed by atoms with E-state index in [2.05, 4.69) is 0 Å². The van der Waals surface area contributed by atoms with Crippen molar-refractivity contribution in [2.45, 2.75) is 13.8 Å². The first-order valence-corrected chi connectivity index (χ1v) is 8.42. The zero-order chi connectivity index (χ0) is 21.2. The average Bonchev–Trinajstić information content (AvgIpc) is 2.76. The molecule has 0 aliphatic carbocycles. The van der Waals surface area contributed by atoms with Gasteiger partial charge in [-0.3, -0.25) is 0 Å². The topological polar surface area (TPSA) is 114 Å². The van der Waals surface area contributed by atoms with Gasteiger partial charge in [-0.1, -0.05) is 24.3 Å². The van der Waals surface area contributed by atoms with Crippen LogP contribution in [-0.4, -0.2) is 7.69 Å². The van der Waals surface area contributed by atoms with E-state index in [1.54, 1.807) is 62.4 Å². The van der Waals surface area contributed by atoms with E-state index < -0.39 is 0 Å². The maximum absolute atomic E-state index is 8.93. The van der Waals surface area contributed by atoms with Crippen molar-refractivity contribution in [2.75, 3.05) is 0 Å². The highest BCUT2D eigenvalue weighted by Crippen LogP contribution is 2.22. The van der Waals surface area contributed by atoms with Crippen molar-refractivity contribution in [2.24, 2.45) is 0 Å². The van der Waals surface area contributed by atoms with Crippen molar-refractivity contribution in [3.8, 4) is 35.8 Å². The Morgan fingerprint density at radius 2 is 0.931 bits per heavy atom. The fourth-order valence-electron chi connectivity index (χ4n) is 2.38. The van der Waals surface area contributed by atoms with Gasteiger partial charge in [0.25, 0.3) is 0 Å². The number of nitrogens with zero attached hydrogens (tertiary/aromatic N) is 4. The van der Waals surface area contributed by atoms with Crippen molar-refractivity contribution in [1.82, 2.24) is 0 Å². The summed E-state index contributed by atoms with van der Waals surface area (Å²) in [7, 11) is 1.18. The van der Waals surface area contributed by atoms with E-state index in [1.165, 1.54) is 7.69 Å². The first kappa shape index (κ1) is 20.9. The Morgan fingerprint density at radius 3 is 1.21 bits per heavy atom. The lowest BCUT2D eigenvalue weighted by Crippen LogP contribution is -2.10. The van der Waals surface area contributed by atoms with Crippen LogP contribution < -0.4 is 9.31 Å². The van der Waals surface area contributed by atoms with Crippen LogP contribution in [0.5, 0.6) is 11.5 Å². The van der Waals surface area contributed by atoms with E-state index in [0.29, 0.717) is 22.6 Å². The predicted molar refractivity (Wildman–Crippen MR) is 108 cm³/mol. The maximum atomic E-state index is 8.93. The normalized spacial score (nSPS) is 8.90. The van der Waals surface area contributed by atoms with Crippen LogP contribution in [0.1, 0.15) is 25.0 Å². The van der Waals surface area contributed by atoms with Gasteiger partial charge in [0.2, 0.25) is 0 Å². The molecule has 0 bridgehead atoms. The van der Waals surface area contributed by atoms with Crippen molar-refractivity contribution in [3.63, 3.8) is 0 Å². The molecule has 0 aliphatic rings. The van der Waals surface area contributed by atoms with Gasteiger partial charge >= 0.3 is 7.69 Å².